The second-order valence-corrected chi connectivity index (χ2v) is 10.3. The van der Waals surface area contributed by atoms with E-state index in [1.165, 1.54) is 43.2 Å². The summed E-state index contributed by atoms with van der Waals surface area (Å²) in [5.74, 6) is 0.470. The van der Waals surface area contributed by atoms with Gasteiger partial charge in [-0.3, -0.25) is 14.3 Å². The van der Waals surface area contributed by atoms with Gasteiger partial charge in [0, 0.05) is 10.6 Å². The summed E-state index contributed by atoms with van der Waals surface area (Å²) < 4.78 is 15.6. The first kappa shape index (κ1) is 22.9. The van der Waals surface area contributed by atoms with Crippen LogP contribution >= 0.6 is 23.1 Å². The number of amides is 1. The first-order valence-corrected chi connectivity index (χ1v) is 12.7. The zero-order valence-corrected chi connectivity index (χ0v) is 20.0. The van der Waals surface area contributed by atoms with E-state index in [2.05, 4.69) is 27.3 Å². The van der Waals surface area contributed by atoms with E-state index in [0.29, 0.717) is 11.7 Å². The van der Waals surface area contributed by atoms with Gasteiger partial charge in [-0.15, -0.1) is 21.5 Å². The van der Waals surface area contributed by atoms with Crippen LogP contribution in [0.1, 0.15) is 49.9 Å². The number of rotatable bonds is 8. The van der Waals surface area contributed by atoms with Gasteiger partial charge in [0.1, 0.15) is 5.82 Å². The molecule has 32 heavy (non-hydrogen) atoms. The van der Waals surface area contributed by atoms with Gasteiger partial charge in [-0.05, 0) is 75.5 Å². The van der Waals surface area contributed by atoms with Crippen LogP contribution in [0, 0.1) is 5.82 Å². The van der Waals surface area contributed by atoms with Crippen molar-refractivity contribution in [3.8, 4) is 5.69 Å². The van der Waals surface area contributed by atoms with Crippen LogP contribution in [0.25, 0.3) is 5.69 Å². The fraction of sp³-hybridized carbons (Fsp3) is 0.435. The second-order valence-electron chi connectivity index (χ2n) is 7.98. The van der Waals surface area contributed by atoms with Crippen LogP contribution in [0.15, 0.2) is 46.9 Å². The van der Waals surface area contributed by atoms with Gasteiger partial charge in [-0.25, -0.2) is 4.39 Å². The van der Waals surface area contributed by atoms with Crippen molar-refractivity contribution in [2.24, 2.45) is 0 Å². The Morgan fingerprint density at radius 1 is 1.16 bits per heavy atom. The van der Waals surface area contributed by atoms with Crippen LogP contribution in [0.3, 0.4) is 0 Å². The molecule has 1 saturated heterocycles. The van der Waals surface area contributed by atoms with Crippen LogP contribution in [0.4, 0.5) is 4.39 Å². The number of thiophene rings is 1. The molecule has 0 saturated carbocycles. The number of nitrogens with one attached hydrogen (secondary N) is 1. The fourth-order valence-corrected chi connectivity index (χ4v) is 5.42. The summed E-state index contributed by atoms with van der Waals surface area (Å²) in [4.78, 5) is 16.2. The zero-order valence-electron chi connectivity index (χ0n) is 18.3. The maximum Gasteiger partial charge on any atom is 0.233 e. The number of likely N-dealkylation sites (tertiary alicyclic amines) is 1. The minimum Gasteiger partial charge on any atom is -0.350 e. The van der Waals surface area contributed by atoms with Gasteiger partial charge in [-0.2, -0.15) is 0 Å². The molecule has 3 aromatic rings. The van der Waals surface area contributed by atoms with Crippen molar-refractivity contribution >= 4 is 29.0 Å². The summed E-state index contributed by atoms with van der Waals surface area (Å²) in [5.41, 5.74) is 0.795. The number of hydrogen-bond acceptors (Lipinski definition) is 6. The number of benzene rings is 1. The Bertz CT molecular complexity index is 1020. The standard InChI is InChI=1S/C23H28FN5OS2/c1-16(28-12-4-3-5-13-28)21-26-27-23(29(21)19-10-8-18(24)9-11-19)32-17(2)22(30)25-15-20-7-6-14-31-20/h6-11,14,16-17H,3-5,12-13,15H2,1-2H3,(H,25,30)/t16-,17-/m1/s1. The van der Waals surface area contributed by atoms with Crippen molar-refractivity contribution < 1.29 is 9.18 Å². The minimum atomic E-state index is -0.350. The van der Waals surface area contributed by atoms with Crippen LogP contribution in [0.2, 0.25) is 0 Å². The average Bonchev–Trinajstić information content (AvgIpc) is 3.48. The third-order valence-corrected chi connectivity index (χ3v) is 7.64. The van der Waals surface area contributed by atoms with Crippen molar-refractivity contribution in [2.75, 3.05) is 13.1 Å². The topological polar surface area (TPSA) is 63.1 Å². The highest BCUT2D eigenvalue weighted by molar-refractivity contribution is 8.00. The molecule has 4 rings (SSSR count). The number of carbonyl (C=O) groups is 1. The summed E-state index contributed by atoms with van der Waals surface area (Å²) in [6.45, 7) is 6.58. The van der Waals surface area contributed by atoms with Gasteiger partial charge < -0.3 is 5.32 Å². The van der Waals surface area contributed by atoms with Gasteiger partial charge in [0.15, 0.2) is 11.0 Å². The molecule has 170 valence electrons. The van der Waals surface area contributed by atoms with Crippen LogP contribution in [-0.2, 0) is 11.3 Å². The second kappa shape index (κ2) is 10.6. The number of piperidine rings is 1. The molecular formula is C23H28FN5OS2. The lowest BCUT2D eigenvalue weighted by Crippen LogP contribution is -2.33. The number of hydrogen-bond donors (Lipinski definition) is 1. The molecule has 1 amide bonds. The number of aromatic nitrogens is 3. The predicted octanol–water partition coefficient (Wildman–Crippen LogP) is 4.81. The fourth-order valence-electron chi connectivity index (χ4n) is 3.87. The quantitative estimate of drug-likeness (QED) is 0.476. The smallest absolute Gasteiger partial charge is 0.233 e. The first-order valence-electron chi connectivity index (χ1n) is 10.9. The van der Waals surface area contributed by atoms with E-state index in [1.807, 2.05) is 29.0 Å². The van der Waals surface area contributed by atoms with E-state index >= 15 is 0 Å². The SMILES string of the molecule is C[C@H](c1nnc(S[C@H](C)C(=O)NCc2cccs2)n1-c1ccc(F)cc1)N1CCCCC1. The average molecular weight is 474 g/mol. The Labute approximate surface area is 196 Å². The normalized spacial score (nSPS) is 16.6. The molecule has 0 spiro atoms. The largest absolute Gasteiger partial charge is 0.350 e. The molecule has 0 radical (unpaired) electrons. The molecule has 1 aromatic carbocycles. The monoisotopic (exact) mass is 473 g/mol. The molecule has 2 atom stereocenters. The van der Waals surface area contributed by atoms with Crippen molar-refractivity contribution in [1.82, 2.24) is 25.0 Å². The Balaban J connectivity index is 1.56. The number of carbonyl (C=O) groups excluding carboxylic acids is 1. The third-order valence-electron chi connectivity index (χ3n) is 5.72. The predicted molar refractivity (Wildman–Crippen MR) is 127 cm³/mol. The van der Waals surface area contributed by atoms with Gasteiger partial charge in [0.05, 0.1) is 17.8 Å². The van der Waals surface area contributed by atoms with Gasteiger partial charge in [0.2, 0.25) is 5.91 Å². The van der Waals surface area contributed by atoms with Crippen molar-refractivity contribution in [1.29, 1.82) is 0 Å². The lowest BCUT2D eigenvalue weighted by molar-refractivity contribution is -0.120. The van der Waals surface area contributed by atoms with E-state index in [9.17, 15) is 9.18 Å². The highest BCUT2D eigenvalue weighted by Gasteiger charge is 2.27. The van der Waals surface area contributed by atoms with E-state index in [0.717, 1.165) is 29.5 Å². The third kappa shape index (κ3) is 5.39. The molecule has 0 bridgehead atoms. The summed E-state index contributed by atoms with van der Waals surface area (Å²) in [5, 5.41) is 14.2. The molecule has 2 aromatic heterocycles. The number of nitrogens with zero attached hydrogens (tertiary/aromatic N) is 4. The molecule has 1 fully saturated rings. The number of halogens is 1. The molecule has 0 aliphatic carbocycles. The molecule has 3 heterocycles. The Morgan fingerprint density at radius 2 is 1.91 bits per heavy atom. The van der Waals surface area contributed by atoms with E-state index in [1.54, 1.807) is 23.5 Å². The molecule has 1 N–H and O–H groups in total. The maximum absolute atomic E-state index is 13.6. The van der Waals surface area contributed by atoms with Gasteiger partial charge >= 0.3 is 0 Å². The van der Waals surface area contributed by atoms with Gasteiger partial charge in [0.25, 0.3) is 0 Å². The summed E-state index contributed by atoms with van der Waals surface area (Å²) in [6.07, 6.45) is 3.61. The van der Waals surface area contributed by atoms with E-state index in [-0.39, 0.29) is 23.0 Å². The molecule has 1 aliphatic heterocycles. The van der Waals surface area contributed by atoms with Crippen molar-refractivity contribution in [3.05, 3.63) is 58.3 Å². The van der Waals surface area contributed by atoms with E-state index in [4.69, 9.17) is 0 Å². The van der Waals surface area contributed by atoms with Crippen molar-refractivity contribution in [2.45, 2.75) is 56.1 Å². The molecule has 1 aliphatic rings. The molecule has 9 heteroatoms. The highest BCUT2D eigenvalue weighted by atomic mass is 32.2. The lowest BCUT2D eigenvalue weighted by Gasteiger charge is -2.32. The molecular weight excluding hydrogens is 445 g/mol. The van der Waals surface area contributed by atoms with Crippen LogP contribution in [-0.4, -0.2) is 43.9 Å². The Hall–Kier alpha value is -2.23. The van der Waals surface area contributed by atoms with Crippen LogP contribution < -0.4 is 5.32 Å². The highest BCUT2D eigenvalue weighted by Crippen LogP contribution is 2.31. The maximum atomic E-state index is 13.6. The van der Waals surface area contributed by atoms with E-state index < -0.39 is 0 Å². The minimum absolute atomic E-state index is 0.0531. The summed E-state index contributed by atoms with van der Waals surface area (Å²) >= 11 is 2.99. The lowest BCUT2D eigenvalue weighted by atomic mass is 10.1. The van der Waals surface area contributed by atoms with Crippen molar-refractivity contribution in [3.63, 3.8) is 0 Å². The Morgan fingerprint density at radius 3 is 2.59 bits per heavy atom. The molecule has 0 unspecified atom stereocenters. The zero-order chi connectivity index (χ0) is 22.5. The first-order chi connectivity index (χ1) is 15.5. The number of thioether (sulfide) groups is 1. The summed E-state index contributed by atoms with van der Waals surface area (Å²) in [6, 6.07) is 10.4. The van der Waals surface area contributed by atoms with Gasteiger partial charge in [-0.1, -0.05) is 24.2 Å². The molecule has 6 nitrogen and oxygen atoms in total. The summed E-state index contributed by atoms with van der Waals surface area (Å²) in [7, 11) is 0. The Kier molecular flexibility index (Phi) is 7.59. The van der Waals surface area contributed by atoms with Crippen LogP contribution in [0.5, 0.6) is 0 Å².